The van der Waals surface area contributed by atoms with Crippen LogP contribution in [-0.4, -0.2) is 164 Å². The minimum Gasteiger partial charge on any atom is -0.395 e. The maximum Gasteiger partial charge on any atom is 0.254 e. The molecule has 8 aliphatic rings. The summed E-state index contributed by atoms with van der Waals surface area (Å²) < 4.78 is 50.0. The summed E-state index contributed by atoms with van der Waals surface area (Å²) >= 11 is 0. The fraction of sp³-hybridized carbons (Fsp3) is 0.341. The van der Waals surface area contributed by atoms with Gasteiger partial charge in [0.05, 0.1) is 120 Å². The summed E-state index contributed by atoms with van der Waals surface area (Å²) in [7, 11) is 1.96. The van der Waals surface area contributed by atoms with Gasteiger partial charge in [0.2, 0.25) is 0 Å². The Kier molecular flexibility index (Phi) is 20.6. The average Bonchev–Trinajstić information content (AvgIpc) is 1.64. The number of hydrogen-bond donors (Lipinski definition) is 9. The van der Waals surface area contributed by atoms with Crippen molar-refractivity contribution < 1.29 is 47.6 Å². The molecule has 0 saturated carbocycles. The number of aliphatic hydroxyl groups excluding tert-OH is 2. The Hall–Kier alpha value is -11.5. The molecule has 10 N–H and O–H groups in total. The number of carbonyl (C=O) groups is 3. The molecule has 20 rings (SSSR count). The zero-order chi connectivity index (χ0) is 77.7. The number of benzene rings is 2. The first-order chi connectivity index (χ1) is 55.8. The van der Waals surface area contributed by atoms with E-state index in [1.165, 1.54) is 35.4 Å². The molecule has 0 spiro atoms. The molecular formula is C85H87F2N19O8. The lowest BCUT2D eigenvalue weighted by Gasteiger charge is -2.25. The van der Waals surface area contributed by atoms with E-state index in [1.807, 2.05) is 81.2 Å². The summed E-state index contributed by atoms with van der Waals surface area (Å²) in [6.45, 7) is 9.40. The maximum atomic E-state index is 13.7. The van der Waals surface area contributed by atoms with Gasteiger partial charge in [-0.25, -0.2) is 38.7 Å². The van der Waals surface area contributed by atoms with Gasteiger partial charge in [0.15, 0.2) is 0 Å². The molecule has 5 saturated heterocycles. The molecule has 0 bridgehead atoms. The van der Waals surface area contributed by atoms with Crippen molar-refractivity contribution in [2.75, 3.05) is 81.9 Å². The van der Waals surface area contributed by atoms with Crippen molar-refractivity contribution in [2.24, 2.45) is 12.8 Å². The van der Waals surface area contributed by atoms with Crippen LogP contribution in [0.15, 0.2) is 140 Å². The van der Waals surface area contributed by atoms with Crippen molar-refractivity contribution in [1.29, 1.82) is 0 Å². The second-order valence-electron chi connectivity index (χ2n) is 30.3. The third-order valence-electron chi connectivity index (χ3n) is 23.5. The number of imidazole rings is 2. The molecule has 12 aromatic rings. The minimum absolute atomic E-state index is 0.127. The van der Waals surface area contributed by atoms with Gasteiger partial charge in [-0.2, -0.15) is 0 Å². The van der Waals surface area contributed by atoms with Crippen LogP contribution in [-0.2, 0) is 60.5 Å². The number of anilines is 6. The van der Waals surface area contributed by atoms with Gasteiger partial charge in [-0.1, -0.05) is 30.3 Å². The third-order valence-corrected chi connectivity index (χ3v) is 23.5. The molecular weight excluding hydrogens is 1450 g/mol. The Bertz CT molecular complexity index is 5480. The van der Waals surface area contributed by atoms with Gasteiger partial charge in [-0.05, 0) is 140 Å². The predicted molar refractivity (Wildman–Crippen MR) is 425 cm³/mol. The molecule has 114 heavy (non-hydrogen) atoms. The van der Waals surface area contributed by atoms with Crippen molar-refractivity contribution in [3.8, 4) is 33.8 Å². The molecule has 5 atom stereocenters. The number of aryl methyl sites for hydroxylation is 1. The zero-order valence-corrected chi connectivity index (χ0v) is 63.0. The van der Waals surface area contributed by atoms with Crippen molar-refractivity contribution >= 4 is 74.6 Å². The van der Waals surface area contributed by atoms with Gasteiger partial charge in [-0.3, -0.25) is 38.0 Å². The van der Waals surface area contributed by atoms with E-state index in [0.717, 1.165) is 162 Å². The van der Waals surface area contributed by atoms with Crippen molar-refractivity contribution in [1.82, 2.24) is 74.0 Å². The smallest absolute Gasteiger partial charge is 0.254 e. The number of aromatic nitrogens is 10. The monoisotopic (exact) mass is 1540 g/mol. The van der Waals surface area contributed by atoms with Crippen molar-refractivity contribution in [3.63, 3.8) is 0 Å². The molecule has 29 heteroatoms. The first-order valence-electron chi connectivity index (χ1n) is 39.1. The number of nitrogens with two attached hydrogens (primary N) is 1. The SMILES string of the molecule is Cn1ccc2c(-c3ncc(Nc4ccc([C@H]5CCOC5)c(CN)n4)c4c3CNC4=O)ccnc21.O=C1NCc2c(-c3cnc4cc(F)ccn34)ccc(Nc3ccc([C@@H]4CCOC4)c(CN4CCC[C@H]4CO)n3)c21.O=C1NCc2c(-c3cnc4cc(F)ccn34)ccc(Nc3ccc([C@H]4CCOC4)c(CN4CCC[C@H]4CO)n3)c21. The van der Waals surface area contributed by atoms with Crippen LogP contribution >= 0.6 is 0 Å². The van der Waals surface area contributed by atoms with Crippen LogP contribution in [0.5, 0.6) is 0 Å². The van der Waals surface area contributed by atoms with Gasteiger partial charge >= 0.3 is 0 Å². The van der Waals surface area contributed by atoms with Gasteiger partial charge in [0.1, 0.15) is 46.0 Å². The number of rotatable bonds is 19. The standard InChI is InChI=1S/2C30H31FN6O3.C25H25N7O2/c2*31-19-7-10-37-26(14-32-28(37)12-19)22-3-5-24(29-23(22)13-33-30(29)39)34-27-6-4-21(18-8-11-40-17-18)25(35-27)15-36-9-1-2-20(36)16-38;1-32-8-5-17-16(4-7-27-24(17)32)23-18-11-29-25(33)22(18)20(12-28-23)31-21-3-2-15(19(10-26)30-21)14-6-9-34-13-14/h2*3-7,10,12,14,18,20,38H,1-2,8-9,11,13,15-17H2,(H,33,39)(H,34,35);2-5,7-8,12,14H,6,9-11,13,26H2,1H3,(H,29,33)(H,30,31)/t18-,20+;18-,20-;14-/m100/s1. The van der Waals surface area contributed by atoms with Gasteiger partial charge in [0.25, 0.3) is 17.7 Å². The molecule has 5 fully saturated rings. The number of fused-ring (bicyclic) bond motifs is 6. The number of pyridine rings is 7. The molecule has 584 valence electrons. The topological polar surface area (TPSA) is 328 Å². The van der Waals surface area contributed by atoms with Crippen molar-refractivity contribution in [3.05, 3.63) is 219 Å². The number of carbonyl (C=O) groups excluding carboxylic acids is 3. The summed E-state index contributed by atoms with van der Waals surface area (Å²) in [5.74, 6) is 1.78. The maximum absolute atomic E-state index is 13.7. The Morgan fingerprint density at radius 3 is 1.45 bits per heavy atom. The summed E-state index contributed by atoms with van der Waals surface area (Å²) in [6.07, 6.45) is 19.2. The number of halogens is 2. The van der Waals surface area contributed by atoms with E-state index in [0.29, 0.717) is 139 Å². The predicted octanol–water partition coefficient (Wildman–Crippen LogP) is 10.9. The Labute approximate surface area is 654 Å². The van der Waals surface area contributed by atoms with Crippen LogP contribution < -0.4 is 37.6 Å². The molecule has 0 aliphatic carbocycles. The second-order valence-corrected chi connectivity index (χ2v) is 30.3. The molecule has 27 nitrogen and oxygen atoms in total. The highest BCUT2D eigenvalue weighted by atomic mass is 19.1. The van der Waals surface area contributed by atoms with Crippen LogP contribution in [0.25, 0.3) is 56.1 Å². The molecule has 10 aromatic heterocycles. The summed E-state index contributed by atoms with van der Waals surface area (Å²) in [6, 6.07) is 29.7. The number of aliphatic hydroxyl groups is 2. The highest BCUT2D eigenvalue weighted by Crippen LogP contribution is 2.42. The normalized spacial score (nSPS) is 19.7. The van der Waals surface area contributed by atoms with Crippen LogP contribution in [0.1, 0.15) is 144 Å². The van der Waals surface area contributed by atoms with E-state index >= 15 is 0 Å². The van der Waals surface area contributed by atoms with Crippen LogP contribution in [0, 0.1) is 11.6 Å². The Balaban J connectivity index is 0.000000119. The third kappa shape index (κ3) is 14.3. The lowest BCUT2D eigenvalue weighted by molar-refractivity contribution is 0.0958. The van der Waals surface area contributed by atoms with Gasteiger partial charge in [-0.15, -0.1) is 0 Å². The molecule has 0 unspecified atom stereocenters. The van der Waals surface area contributed by atoms with Gasteiger partial charge in [0, 0.05) is 161 Å². The summed E-state index contributed by atoms with van der Waals surface area (Å²) in [5.41, 5.74) is 25.6. The van der Waals surface area contributed by atoms with E-state index < -0.39 is 0 Å². The minimum atomic E-state index is -0.346. The number of nitrogens with one attached hydrogen (secondary N) is 6. The lowest BCUT2D eigenvalue weighted by Crippen LogP contribution is -2.32. The average molecular weight is 1540 g/mol. The number of nitrogens with zero attached hydrogens (tertiary/aromatic N) is 12. The molecule has 8 aliphatic heterocycles. The fourth-order valence-corrected chi connectivity index (χ4v) is 17.7. The highest BCUT2D eigenvalue weighted by molar-refractivity contribution is 6.08. The van der Waals surface area contributed by atoms with E-state index in [4.69, 9.17) is 39.9 Å². The summed E-state index contributed by atoms with van der Waals surface area (Å²) in [4.78, 5) is 76.3. The first kappa shape index (κ1) is 73.9. The highest BCUT2D eigenvalue weighted by Gasteiger charge is 2.35. The van der Waals surface area contributed by atoms with Crippen LogP contribution in [0.2, 0.25) is 0 Å². The second kappa shape index (κ2) is 31.8. The van der Waals surface area contributed by atoms with E-state index in [2.05, 4.69) is 74.9 Å². The van der Waals surface area contributed by atoms with Crippen molar-refractivity contribution in [2.45, 2.75) is 114 Å². The Morgan fingerprint density at radius 1 is 0.509 bits per heavy atom. The molecule has 18 heterocycles. The molecule has 3 amide bonds. The quantitative estimate of drug-likeness (QED) is 0.0363. The van der Waals surface area contributed by atoms with E-state index in [9.17, 15) is 33.4 Å². The fourth-order valence-electron chi connectivity index (χ4n) is 17.7. The van der Waals surface area contributed by atoms with E-state index in [-0.39, 0.29) is 54.7 Å². The zero-order valence-electron chi connectivity index (χ0n) is 63.0. The number of likely N-dealkylation sites (tertiary alicyclic amines) is 2. The van der Waals surface area contributed by atoms with Crippen LogP contribution in [0.3, 0.4) is 0 Å². The van der Waals surface area contributed by atoms with Crippen LogP contribution in [0.4, 0.5) is 43.3 Å². The lowest BCUT2D eigenvalue weighted by atomic mass is 9.96. The van der Waals surface area contributed by atoms with Gasteiger partial charge < -0.3 is 66.6 Å². The molecule has 0 radical (unpaired) electrons. The molecule has 2 aromatic carbocycles. The number of ether oxygens (including phenoxy) is 3. The summed E-state index contributed by atoms with van der Waals surface area (Å²) in [5, 5.41) is 39.7. The first-order valence-corrected chi connectivity index (χ1v) is 39.1. The number of hydrogen-bond acceptors (Lipinski definition) is 21. The number of amides is 3. The van der Waals surface area contributed by atoms with E-state index in [1.54, 1.807) is 37.2 Å². The largest absolute Gasteiger partial charge is 0.395 e. The Morgan fingerprint density at radius 2 is 0.974 bits per heavy atom.